The molecule has 0 aromatic rings. The quantitative estimate of drug-likeness (QED) is 0.337. The lowest BCUT2D eigenvalue weighted by molar-refractivity contribution is -0.128. The Hall–Kier alpha value is -0.660. The van der Waals surface area contributed by atoms with Gasteiger partial charge in [0.25, 0.3) is 0 Å². The largest absolute Gasteiger partial charge is 0.547 e. The molecule has 0 rings (SSSR count). The standard InChI is InChI=1S/C3H3B2O2/c1-2-3(6)7-5-4/h2H,1H2. The molecule has 0 aromatic heterocycles. The fourth-order valence-corrected chi connectivity index (χ4v) is 0.115. The van der Waals surface area contributed by atoms with Crippen LogP contribution in [-0.4, -0.2) is 21.1 Å². The second-order valence-corrected chi connectivity index (χ2v) is 0.777. The van der Waals surface area contributed by atoms with Crippen molar-refractivity contribution in [2.24, 2.45) is 0 Å². The van der Waals surface area contributed by atoms with E-state index in [1.807, 2.05) is 0 Å². The summed E-state index contributed by atoms with van der Waals surface area (Å²) in [7, 11) is 5.50. The molecule has 0 atom stereocenters. The van der Waals surface area contributed by atoms with Crippen molar-refractivity contribution in [1.82, 2.24) is 0 Å². The topological polar surface area (TPSA) is 26.3 Å². The average Bonchev–Trinajstić information content (AvgIpc) is 1.68. The van der Waals surface area contributed by atoms with Crippen LogP contribution in [0.4, 0.5) is 0 Å². The highest BCUT2D eigenvalue weighted by molar-refractivity contribution is 6.86. The van der Waals surface area contributed by atoms with E-state index in [9.17, 15) is 4.79 Å². The van der Waals surface area contributed by atoms with Gasteiger partial charge in [-0.1, -0.05) is 6.58 Å². The van der Waals surface area contributed by atoms with Crippen LogP contribution in [0, 0.1) is 0 Å². The zero-order valence-electron chi connectivity index (χ0n) is 3.76. The van der Waals surface area contributed by atoms with E-state index in [1.165, 1.54) is 0 Å². The molecule has 3 radical (unpaired) electrons. The predicted molar refractivity (Wildman–Crippen MR) is 27.8 cm³/mol. The number of carbonyl (C=O) groups excluding carboxylic acids is 1. The molecule has 0 heterocycles. The van der Waals surface area contributed by atoms with Gasteiger partial charge < -0.3 is 4.65 Å². The average molecular weight is 92.7 g/mol. The minimum Gasteiger partial charge on any atom is -0.547 e. The Morgan fingerprint density at radius 2 is 2.57 bits per heavy atom. The normalized spacial score (nSPS) is 6.86. The highest BCUT2D eigenvalue weighted by Crippen LogP contribution is 1.70. The molecule has 7 heavy (non-hydrogen) atoms. The lowest BCUT2D eigenvalue weighted by Gasteiger charge is -1.90. The van der Waals surface area contributed by atoms with Crippen LogP contribution in [0.15, 0.2) is 12.7 Å². The fraction of sp³-hybridized carbons (Fsp3) is 0. The third-order valence-corrected chi connectivity index (χ3v) is 0.351. The van der Waals surface area contributed by atoms with Crippen molar-refractivity contribution in [2.45, 2.75) is 0 Å². The minimum absolute atomic E-state index is 0.539. The van der Waals surface area contributed by atoms with E-state index in [-0.39, 0.29) is 0 Å². The van der Waals surface area contributed by atoms with Crippen LogP contribution in [0.3, 0.4) is 0 Å². The summed E-state index contributed by atoms with van der Waals surface area (Å²) in [5, 5.41) is 0. The molecule has 4 heteroatoms. The number of rotatable bonds is 2. The van der Waals surface area contributed by atoms with Gasteiger partial charge in [-0.15, -0.1) is 0 Å². The van der Waals surface area contributed by atoms with Crippen molar-refractivity contribution < 1.29 is 9.45 Å². The van der Waals surface area contributed by atoms with E-state index in [1.54, 1.807) is 0 Å². The smallest absolute Gasteiger partial charge is 0.311 e. The van der Waals surface area contributed by atoms with Gasteiger partial charge in [-0.25, -0.2) is 4.79 Å². The summed E-state index contributed by atoms with van der Waals surface area (Å²) in [6, 6.07) is 0. The van der Waals surface area contributed by atoms with E-state index in [2.05, 4.69) is 19.0 Å². The van der Waals surface area contributed by atoms with Crippen molar-refractivity contribution in [2.75, 3.05) is 0 Å². The lowest BCUT2D eigenvalue weighted by atomic mass is 9.72. The van der Waals surface area contributed by atoms with E-state index in [0.717, 1.165) is 13.4 Å². The van der Waals surface area contributed by atoms with Crippen molar-refractivity contribution in [3.63, 3.8) is 0 Å². The Kier molecular flexibility index (Phi) is 3.19. The van der Waals surface area contributed by atoms with Gasteiger partial charge in [-0.3, -0.25) is 0 Å². The maximum absolute atomic E-state index is 9.96. The van der Waals surface area contributed by atoms with Crippen LogP contribution in [0.2, 0.25) is 0 Å². The molecule has 0 aromatic carbocycles. The molecular formula is C3H3B2O2. The first-order valence-corrected chi connectivity index (χ1v) is 1.67. The van der Waals surface area contributed by atoms with Crippen molar-refractivity contribution in [3.05, 3.63) is 12.7 Å². The summed E-state index contributed by atoms with van der Waals surface area (Å²) >= 11 is 0. The molecule has 0 amide bonds. The monoisotopic (exact) mass is 93.0 g/mol. The van der Waals surface area contributed by atoms with Crippen LogP contribution < -0.4 is 0 Å². The van der Waals surface area contributed by atoms with Gasteiger partial charge in [0.15, 0.2) is 0 Å². The molecule has 0 bridgehead atoms. The molecule has 0 unspecified atom stereocenters. The Balaban J connectivity index is 3.17. The SMILES string of the molecule is [B][B]OC(=O)C=C. The first-order valence-electron chi connectivity index (χ1n) is 1.67. The zero-order chi connectivity index (χ0) is 5.70. The second kappa shape index (κ2) is 3.53. The highest BCUT2D eigenvalue weighted by Gasteiger charge is 1.87. The van der Waals surface area contributed by atoms with E-state index in [4.69, 9.17) is 0 Å². The Morgan fingerprint density at radius 1 is 2.00 bits per heavy atom. The molecule has 0 aliphatic rings. The summed E-state index contributed by atoms with van der Waals surface area (Å²) in [4.78, 5) is 9.96. The van der Waals surface area contributed by atoms with Crippen molar-refractivity contribution >= 4 is 21.1 Å². The number of hydrogen-bond acceptors (Lipinski definition) is 2. The van der Waals surface area contributed by atoms with Gasteiger partial charge in [0.05, 0.1) is 7.74 Å². The molecule has 0 saturated carbocycles. The highest BCUT2D eigenvalue weighted by atomic mass is 16.5. The third kappa shape index (κ3) is 3.16. The van der Waals surface area contributed by atoms with Gasteiger partial charge >= 0.3 is 13.3 Å². The first kappa shape index (κ1) is 6.34. The molecule has 0 saturated heterocycles. The van der Waals surface area contributed by atoms with Crippen LogP contribution >= 0.6 is 0 Å². The lowest BCUT2D eigenvalue weighted by Crippen LogP contribution is -2.04. The summed E-state index contributed by atoms with van der Waals surface area (Å²) in [6.45, 7) is 3.13. The Labute approximate surface area is 44.2 Å². The maximum Gasteiger partial charge on any atom is 0.311 e. The van der Waals surface area contributed by atoms with Crippen molar-refractivity contribution in [1.29, 1.82) is 0 Å². The van der Waals surface area contributed by atoms with Crippen LogP contribution in [0.1, 0.15) is 0 Å². The molecular weight excluding hydrogens is 89.7 g/mol. The number of hydrogen-bond donors (Lipinski definition) is 0. The molecule has 0 aliphatic carbocycles. The molecule has 2 nitrogen and oxygen atoms in total. The first-order chi connectivity index (χ1) is 3.31. The van der Waals surface area contributed by atoms with Crippen molar-refractivity contribution in [3.8, 4) is 0 Å². The van der Waals surface area contributed by atoms with Crippen LogP contribution in [0.25, 0.3) is 0 Å². The van der Waals surface area contributed by atoms with Gasteiger partial charge in [0, 0.05) is 6.08 Å². The minimum atomic E-state index is -0.539. The van der Waals surface area contributed by atoms with Crippen LogP contribution in [0.5, 0.6) is 0 Å². The zero-order valence-corrected chi connectivity index (χ0v) is 3.76. The van der Waals surface area contributed by atoms with Crippen LogP contribution in [-0.2, 0) is 9.45 Å². The maximum atomic E-state index is 9.96. The van der Waals surface area contributed by atoms with Gasteiger partial charge in [0.2, 0.25) is 0 Å². The van der Waals surface area contributed by atoms with Gasteiger partial charge in [-0.2, -0.15) is 0 Å². The number of carbonyl (C=O) groups is 1. The van der Waals surface area contributed by atoms with Gasteiger partial charge in [-0.05, 0) is 0 Å². The van der Waals surface area contributed by atoms with E-state index < -0.39 is 5.97 Å². The fourth-order valence-electron chi connectivity index (χ4n) is 0.115. The predicted octanol–water partition coefficient (Wildman–Crippen LogP) is -0.582. The molecule has 0 N–H and O–H groups in total. The summed E-state index contributed by atoms with van der Waals surface area (Å²) in [5.41, 5.74) is 0. The molecule has 0 fully saturated rings. The van der Waals surface area contributed by atoms with E-state index >= 15 is 0 Å². The second-order valence-electron chi connectivity index (χ2n) is 0.777. The molecule has 0 aliphatic heterocycles. The van der Waals surface area contributed by atoms with E-state index in [0.29, 0.717) is 0 Å². The summed E-state index contributed by atoms with van der Waals surface area (Å²) in [6.07, 6.45) is 1.03. The molecule has 0 spiro atoms. The third-order valence-electron chi connectivity index (χ3n) is 0.351. The summed E-state index contributed by atoms with van der Waals surface area (Å²) < 4.78 is 4.09. The Bertz CT molecular complexity index is 81.0. The molecule has 33 valence electrons. The summed E-state index contributed by atoms with van der Waals surface area (Å²) in [5.74, 6) is -0.539. The Morgan fingerprint density at radius 3 is 2.71 bits per heavy atom. The van der Waals surface area contributed by atoms with Gasteiger partial charge in [0.1, 0.15) is 0 Å².